The lowest BCUT2D eigenvalue weighted by Crippen LogP contribution is -2.49. The van der Waals surface area contributed by atoms with Crippen LogP contribution in [0.15, 0.2) is 29.2 Å². The van der Waals surface area contributed by atoms with Crippen LogP contribution >= 0.6 is 11.8 Å². The molecule has 156 valence electrons. The molecule has 2 aliphatic heterocycles. The fourth-order valence-corrected chi connectivity index (χ4v) is 5.70. The zero-order valence-corrected chi connectivity index (χ0v) is 18.4. The van der Waals surface area contributed by atoms with Gasteiger partial charge in [-0.05, 0) is 69.8 Å². The normalized spacial score (nSPS) is 21.9. The number of nitrogens with one attached hydrogen (secondary N) is 1. The van der Waals surface area contributed by atoms with E-state index in [9.17, 15) is 13.2 Å². The molecule has 2 unspecified atom stereocenters. The second-order valence-electron chi connectivity index (χ2n) is 7.74. The molecule has 8 heteroatoms. The van der Waals surface area contributed by atoms with E-state index in [1.54, 1.807) is 36.0 Å². The van der Waals surface area contributed by atoms with Crippen molar-refractivity contribution in [3.05, 3.63) is 29.8 Å². The Morgan fingerprint density at radius 3 is 2.54 bits per heavy atom. The van der Waals surface area contributed by atoms with Crippen molar-refractivity contribution in [1.82, 2.24) is 14.5 Å². The summed E-state index contributed by atoms with van der Waals surface area (Å²) in [6.45, 7) is 5.56. The van der Waals surface area contributed by atoms with E-state index in [2.05, 4.69) is 9.62 Å². The van der Waals surface area contributed by atoms with Gasteiger partial charge < -0.3 is 4.90 Å². The molecule has 2 fully saturated rings. The van der Waals surface area contributed by atoms with Crippen molar-refractivity contribution in [2.75, 3.05) is 38.2 Å². The minimum absolute atomic E-state index is 0.0913. The van der Waals surface area contributed by atoms with E-state index in [0.29, 0.717) is 25.6 Å². The Hall–Kier alpha value is -1.09. The van der Waals surface area contributed by atoms with Crippen LogP contribution in [-0.2, 0) is 14.8 Å². The highest BCUT2D eigenvalue weighted by Crippen LogP contribution is 2.22. The number of thioether (sulfide) groups is 1. The van der Waals surface area contributed by atoms with Gasteiger partial charge in [-0.25, -0.2) is 8.42 Å². The quantitative estimate of drug-likeness (QED) is 0.691. The first kappa shape index (κ1) is 21.6. The molecule has 0 saturated carbocycles. The summed E-state index contributed by atoms with van der Waals surface area (Å²) in [6.07, 6.45) is 5.91. The molecule has 0 aliphatic carbocycles. The molecule has 0 bridgehead atoms. The van der Waals surface area contributed by atoms with Crippen molar-refractivity contribution >= 4 is 27.7 Å². The Balaban J connectivity index is 1.68. The Bertz CT molecular complexity index is 761. The van der Waals surface area contributed by atoms with Gasteiger partial charge in [0.25, 0.3) is 0 Å². The van der Waals surface area contributed by atoms with Gasteiger partial charge in [0.2, 0.25) is 15.9 Å². The van der Waals surface area contributed by atoms with Crippen LogP contribution in [0.1, 0.15) is 31.2 Å². The van der Waals surface area contributed by atoms with Crippen LogP contribution in [0.2, 0.25) is 0 Å². The van der Waals surface area contributed by atoms with Crippen LogP contribution in [0.4, 0.5) is 0 Å². The second kappa shape index (κ2) is 9.61. The molecule has 2 saturated heterocycles. The summed E-state index contributed by atoms with van der Waals surface area (Å²) < 4.78 is 28.3. The number of carbonyl (C=O) groups excluding carboxylic acids is 1. The number of hydrogen-bond donors (Lipinski definition) is 1. The summed E-state index contributed by atoms with van der Waals surface area (Å²) in [4.78, 5) is 17.7. The van der Waals surface area contributed by atoms with Crippen molar-refractivity contribution in [2.24, 2.45) is 0 Å². The van der Waals surface area contributed by atoms with Crippen molar-refractivity contribution < 1.29 is 13.2 Å². The summed E-state index contributed by atoms with van der Waals surface area (Å²) in [7, 11) is -3.73. The Morgan fingerprint density at radius 2 is 1.89 bits per heavy atom. The fraction of sp³-hybridized carbons (Fsp3) is 0.650. The molecule has 2 aliphatic rings. The lowest BCUT2D eigenvalue weighted by Gasteiger charge is -2.26. The molecule has 0 spiro atoms. The van der Waals surface area contributed by atoms with Gasteiger partial charge in [0, 0.05) is 19.1 Å². The van der Waals surface area contributed by atoms with Crippen LogP contribution in [0.3, 0.4) is 0 Å². The van der Waals surface area contributed by atoms with Gasteiger partial charge in [-0.1, -0.05) is 17.7 Å². The number of hydrogen-bond acceptors (Lipinski definition) is 5. The number of sulfonamides is 1. The monoisotopic (exact) mass is 425 g/mol. The van der Waals surface area contributed by atoms with Gasteiger partial charge in [0.15, 0.2) is 0 Å². The first-order valence-corrected chi connectivity index (χ1v) is 12.9. The first-order valence-electron chi connectivity index (χ1n) is 10.0. The summed E-state index contributed by atoms with van der Waals surface area (Å²) in [5.74, 6) is 0.641. The second-order valence-corrected chi connectivity index (χ2v) is 10.4. The van der Waals surface area contributed by atoms with Gasteiger partial charge >= 0.3 is 0 Å². The molecule has 2 heterocycles. The third-order valence-corrected chi connectivity index (χ3v) is 7.80. The molecule has 1 amide bonds. The average Bonchev–Trinajstić information content (AvgIpc) is 3.36. The number of carbonyl (C=O) groups is 1. The van der Waals surface area contributed by atoms with Gasteiger partial charge in [-0.15, -0.1) is 0 Å². The van der Waals surface area contributed by atoms with Crippen LogP contribution in [0.25, 0.3) is 0 Å². The van der Waals surface area contributed by atoms with Gasteiger partial charge in [-0.2, -0.15) is 16.5 Å². The van der Waals surface area contributed by atoms with E-state index in [1.165, 1.54) is 12.8 Å². The predicted octanol–water partition coefficient (Wildman–Crippen LogP) is 2.09. The van der Waals surface area contributed by atoms with Crippen LogP contribution in [0.5, 0.6) is 0 Å². The highest BCUT2D eigenvalue weighted by atomic mass is 32.2. The Labute approximate surface area is 173 Å². The highest BCUT2D eigenvalue weighted by Gasteiger charge is 2.35. The molecular weight excluding hydrogens is 394 g/mol. The van der Waals surface area contributed by atoms with E-state index < -0.39 is 16.1 Å². The number of nitrogens with zero attached hydrogens (tertiary/aromatic N) is 2. The standard InChI is InChI=1S/C20H31N3O3S2/c1-16-5-7-18(8-6-16)28(25,26)21-19(10-14-27-2)20(24)23-13-9-17(15-23)22-11-3-4-12-22/h5-8,17,19,21H,3-4,9-15H2,1-2H3. The summed E-state index contributed by atoms with van der Waals surface area (Å²) >= 11 is 1.62. The molecule has 0 radical (unpaired) electrons. The molecule has 28 heavy (non-hydrogen) atoms. The van der Waals surface area contributed by atoms with Gasteiger partial charge in [0.1, 0.15) is 6.04 Å². The van der Waals surface area contributed by atoms with Crippen molar-refractivity contribution in [2.45, 2.75) is 49.6 Å². The summed E-state index contributed by atoms with van der Waals surface area (Å²) in [5, 5.41) is 0. The third-order valence-electron chi connectivity index (χ3n) is 5.67. The molecule has 6 nitrogen and oxygen atoms in total. The maximum absolute atomic E-state index is 13.1. The lowest BCUT2D eigenvalue weighted by atomic mass is 10.2. The number of likely N-dealkylation sites (tertiary alicyclic amines) is 2. The van der Waals surface area contributed by atoms with Gasteiger partial charge in [0.05, 0.1) is 4.90 Å². The molecule has 3 rings (SSSR count). The molecule has 0 aromatic heterocycles. The lowest BCUT2D eigenvalue weighted by molar-refractivity contribution is -0.132. The number of benzene rings is 1. The summed E-state index contributed by atoms with van der Waals surface area (Å²) in [6, 6.07) is 6.43. The van der Waals surface area contributed by atoms with E-state index in [1.807, 2.05) is 18.1 Å². The van der Waals surface area contributed by atoms with E-state index >= 15 is 0 Å². The van der Waals surface area contributed by atoms with Crippen molar-refractivity contribution in [3.8, 4) is 0 Å². The minimum Gasteiger partial charge on any atom is -0.340 e. The van der Waals surface area contributed by atoms with Gasteiger partial charge in [-0.3, -0.25) is 9.69 Å². The summed E-state index contributed by atoms with van der Waals surface area (Å²) in [5.41, 5.74) is 0.999. The fourth-order valence-electron chi connectivity index (χ4n) is 4.01. The Morgan fingerprint density at radius 1 is 1.21 bits per heavy atom. The average molecular weight is 426 g/mol. The molecule has 2 atom stereocenters. The zero-order chi connectivity index (χ0) is 20.1. The van der Waals surface area contributed by atoms with Crippen LogP contribution < -0.4 is 4.72 Å². The van der Waals surface area contributed by atoms with E-state index in [4.69, 9.17) is 0 Å². The van der Waals surface area contributed by atoms with Crippen LogP contribution in [-0.4, -0.2) is 74.4 Å². The smallest absolute Gasteiger partial charge is 0.241 e. The first-order chi connectivity index (χ1) is 13.4. The number of aryl methyl sites for hydroxylation is 1. The van der Waals surface area contributed by atoms with Crippen molar-refractivity contribution in [1.29, 1.82) is 0 Å². The SMILES string of the molecule is CSCCC(NS(=O)(=O)c1ccc(C)cc1)C(=O)N1CCC(N2CCCC2)C1. The van der Waals surface area contributed by atoms with Crippen LogP contribution in [0, 0.1) is 6.92 Å². The molecule has 1 aromatic carbocycles. The molecular formula is C20H31N3O3S2. The van der Waals surface area contributed by atoms with E-state index in [0.717, 1.165) is 30.8 Å². The number of amides is 1. The maximum atomic E-state index is 13.1. The zero-order valence-electron chi connectivity index (χ0n) is 16.8. The number of rotatable bonds is 8. The molecule has 1 N–H and O–H groups in total. The third kappa shape index (κ3) is 5.28. The highest BCUT2D eigenvalue weighted by molar-refractivity contribution is 7.98. The Kier molecular flexibility index (Phi) is 7.42. The van der Waals surface area contributed by atoms with Crippen molar-refractivity contribution in [3.63, 3.8) is 0 Å². The maximum Gasteiger partial charge on any atom is 0.241 e. The topological polar surface area (TPSA) is 69.7 Å². The minimum atomic E-state index is -3.73. The largest absolute Gasteiger partial charge is 0.340 e. The van der Waals surface area contributed by atoms with E-state index in [-0.39, 0.29) is 10.8 Å². The predicted molar refractivity (Wildman–Crippen MR) is 114 cm³/mol. The molecule has 1 aromatic rings.